The number of para-hydroxylation sites is 1. The standard InChI is InChI=1S/C14H14N2O2/c17-13-6-8-16(14(13)18)7-5-10-9-15-12-4-2-1-3-11(10)12/h1-4,6,9,15,17H,5,7-8H2. The van der Waals surface area contributed by atoms with Crippen LogP contribution < -0.4 is 0 Å². The topological polar surface area (TPSA) is 56.3 Å². The van der Waals surface area contributed by atoms with E-state index in [-0.39, 0.29) is 11.7 Å². The van der Waals surface area contributed by atoms with E-state index in [1.165, 1.54) is 10.9 Å². The fourth-order valence-electron chi connectivity index (χ4n) is 2.32. The molecule has 1 aliphatic heterocycles. The summed E-state index contributed by atoms with van der Waals surface area (Å²) in [5, 5.41) is 10.5. The van der Waals surface area contributed by atoms with Crippen LogP contribution in [-0.4, -0.2) is 34.0 Å². The monoisotopic (exact) mass is 242 g/mol. The van der Waals surface area contributed by atoms with E-state index >= 15 is 0 Å². The molecule has 0 fully saturated rings. The lowest BCUT2D eigenvalue weighted by Crippen LogP contribution is -2.29. The number of amides is 1. The highest BCUT2D eigenvalue weighted by molar-refractivity contribution is 5.93. The van der Waals surface area contributed by atoms with Gasteiger partial charge in [0.2, 0.25) is 0 Å². The molecule has 0 unspecified atom stereocenters. The van der Waals surface area contributed by atoms with Gasteiger partial charge in [-0.05, 0) is 24.1 Å². The van der Waals surface area contributed by atoms with Gasteiger partial charge in [0.05, 0.1) is 0 Å². The number of rotatable bonds is 3. The van der Waals surface area contributed by atoms with Gasteiger partial charge in [0, 0.05) is 30.2 Å². The summed E-state index contributed by atoms with van der Waals surface area (Å²) in [5.74, 6) is -0.399. The minimum absolute atomic E-state index is 0.131. The average molecular weight is 242 g/mol. The zero-order valence-corrected chi connectivity index (χ0v) is 9.89. The number of nitrogens with zero attached hydrogens (tertiary/aromatic N) is 1. The van der Waals surface area contributed by atoms with Crippen molar-refractivity contribution in [1.82, 2.24) is 9.88 Å². The molecule has 0 atom stereocenters. The van der Waals surface area contributed by atoms with Gasteiger partial charge < -0.3 is 15.0 Å². The van der Waals surface area contributed by atoms with Crippen LogP contribution in [0.4, 0.5) is 0 Å². The van der Waals surface area contributed by atoms with Crippen LogP contribution in [0.3, 0.4) is 0 Å². The highest BCUT2D eigenvalue weighted by Crippen LogP contribution is 2.19. The molecule has 1 aromatic carbocycles. The minimum atomic E-state index is -0.269. The van der Waals surface area contributed by atoms with Crippen molar-refractivity contribution >= 4 is 16.8 Å². The minimum Gasteiger partial charge on any atom is -0.503 e. The maximum Gasteiger partial charge on any atom is 0.288 e. The fourth-order valence-corrected chi connectivity index (χ4v) is 2.32. The largest absolute Gasteiger partial charge is 0.503 e. The number of aliphatic hydroxyl groups is 1. The van der Waals surface area contributed by atoms with E-state index in [4.69, 9.17) is 0 Å². The quantitative estimate of drug-likeness (QED) is 0.864. The summed E-state index contributed by atoms with van der Waals surface area (Å²) in [4.78, 5) is 16.4. The second-order valence-electron chi connectivity index (χ2n) is 4.45. The van der Waals surface area contributed by atoms with Crippen LogP contribution in [0, 0.1) is 0 Å². The third-order valence-electron chi connectivity index (χ3n) is 3.34. The zero-order valence-electron chi connectivity index (χ0n) is 9.89. The molecule has 4 nitrogen and oxygen atoms in total. The van der Waals surface area contributed by atoms with E-state index in [1.54, 1.807) is 11.0 Å². The van der Waals surface area contributed by atoms with E-state index in [9.17, 15) is 9.90 Å². The molecule has 0 spiro atoms. The normalized spacial score (nSPS) is 15.4. The van der Waals surface area contributed by atoms with Crippen LogP contribution in [0.1, 0.15) is 5.56 Å². The van der Waals surface area contributed by atoms with Gasteiger partial charge >= 0.3 is 0 Å². The third kappa shape index (κ3) is 1.76. The molecule has 18 heavy (non-hydrogen) atoms. The fraction of sp³-hybridized carbons (Fsp3) is 0.214. The van der Waals surface area contributed by atoms with E-state index in [2.05, 4.69) is 11.1 Å². The first kappa shape index (κ1) is 10.9. The first-order chi connectivity index (χ1) is 8.75. The number of aliphatic hydroxyl groups excluding tert-OH is 1. The van der Waals surface area contributed by atoms with Gasteiger partial charge in [-0.2, -0.15) is 0 Å². The van der Waals surface area contributed by atoms with Crippen molar-refractivity contribution in [2.24, 2.45) is 0 Å². The Morgan fingerprint density at radius 3 is 2.94 bits per heavy atom. The van der Waals surface area contributed by atoms with Crippen molar-refractivity contribution in [3.8, 4) is 0 Å². The van der Waals surface area contributed by atoms with Gasteiger partial charge in [-0.15, -0.1) is 0 Å². The van der Waals surface area contributed by atoms with E-state index in [0.717, 1.165) is 11.9 Å². The smallest absolute Gasteiger partial charge is 0.288 e. The van der Waals surface area contributed by atoms with Gasteiger partial charge in [0.1, 0.15) is 0 Å². The summed E-state index contributed by atoms with van der Waals surface area (Å²) in [6.45, 7) is 1.13. The Kier molecular flexibility index (Phi) is 2.55. The third-order valence-corrected chi connectivity index (χ3v) is 3.34. The predicted molar refractivity (Wildman–Crippen MR) is 69.3 cm³/mol. The molecule has 0 aliphatic carbocycles. The molecular formula is C14H14N2O2. The molecule has 4 heteroatoms. The maximum atomic E-state index is 11.5. The zero-order chi connectivity index (χ0) is 12.5. The van der Waals surface area contributed by atoms with Crippen LogP contribution >= 0.6 is 0 Å². The van der Waals surface area contributed by atoms with Gasteiger partial charge in [0.25, 0.3) is 5.91 Å². The number of carbonyl (C=O) groups excluding carboxylic acids is 1. The number of hydrogen-bond donors (Lipinski definition) is 2. The number of nitrogens with one attached hydrogen (secondary N) is 1. The molecule has 2 aromatic rings. The average Bonchev–Trinajstić information content (AvgIpc) is 2.94. The first-order valence-electron chi connectivity index (χ1n) is 5.99. The molecule has 0 saturated heterocycles. The Balaban J connectivity index is 1.73. The second-order valence-corrected chi connectivity index (χ2v) is 4.45. The Morgan fingerprint density at radius 2 is 2.17 bits per heavy atom. The maximum absolute atomic E-state index is 11.5. The van der Waals surface area contributed by atoms with Crippen LogP contribution in [0.2, 0.25) is 0 Å². The van der Waals surface area contributed by atoms with E-state index < -0.39 is 0 Å². The Labute approximate surface area is 105 Å². The number of hydrogen-bond acceptors (Lipinski definition) is 2. The number of aromatic nitrogens is 1. The molecule has 0 bridgehead atoms. The van der Waals surface area contributed by atoms with Gasteiger partial charge in [-0.25, -0.2) is 0 Å². The number of benzene rings is 1. The van der Waals surface area contributed by atoms with Crippen molar-refractivity contribution in [3.63, 3.8) is 0 Å². The van der Waals surface area contributed by atoms with Crippen LogP contribution in [0.15, 0.2) is 42.3 Å². The Morgan fingerprint density at radius 1 is 1.33 bits per heavy atom. The van der Waals surface area contributed by atoms with Crippen molar-refractivity contribution in [3.05, 3.63) is 47.9 Å². The molecule has 1 aromatic heterocycles. The molecular weight excluding hydrogens is 228 g/mol. The summed E-state index contributed by atoms with van der Waals surface area (Å²) in [7, 11) is 0. The highest BCUT2D eigenvalue weighted by atomic mass is 16.3. The predicted octanol–water partition coefficient (Wildman–Crippen LogP) is 1.99. The van der Waals surface area contributed by atoms with Crippen LogP contribution in [0.5, 0.6) is 0 Å². The van der Waals surface area contributed by atoms with Gasteiger partial charge in [0.15, 0.2) is 5.76 Å². The molecule has 0 radical (unpaired) electrons. The van der Waals surface area contributed by atoms with Crippen molar-refractivity contribution in [2.45, 2.75) is 6.42 Å². The molecule has 1 amide bonds. The number of fused-ring (bicyclic) bond motifs is 1. The van der Waals surface area contributed by atoms with Gasteiger partial charge in [-0.1, -0.05) is 18.2 Å². The lowest BCUT2D eigenvalue weighted by molar-refractivity contribution is -0.127. The van der Waals surface area contributed by atoms with E-state index in [1.807, 2.05) is 24.4 Å². The van der Waals surface area contributed by atoms with Crippen molar-refractivity contribution < 1.29 is 9.90 Å². The molecule has 3 rings (SSSR count). The van der Waals surface area contributed by atoms with Gasteiger partial charge in [-0.3, -0.25) is 4.79 Å². The lowest BCUT2D eigenvalue weighted by Gasteiger charge is -2.14. The number of carbonyl (C=O) groups is 1. The first-order valence-corrected chi connectivity index (χ1v) is 5.99. The molecule has 0 saturated carbocycles. The lowest BCUT2D eigenvalue weighted by atomic mass is 10.1. The molecule has 2 N–H and O–H groups in total. The Hall–Kier alpha value is -2.23. The summed E-state index contributed by atoms with van der Waals surface area (Å²) in [5.41, 5.74) is 2.31. The summed E-state index contributed by atoms with van der Waals surface area (Å²) >= 11 is 0. The Bertz CT molecular complexity index is 628. The molecule has 2 heterocycles. The molecule has 92 valence electrons. The summed E-state index contributed by atoms with van der Waals surface area (Å²) < 4.78 is 0. The summed E-state index contributed by atoms with van der Waals surface area (Å²) in [6, 6.07) is 8.11. The molecule has 1 aliphatic rings. The van der Waals surface area contributed by atoms with Crippen molar-refractivity contribution in [1.29, 1.82) is 0 Å². The van der Waals surface area contributed by atoms with Crippen molar-refractivity contribution in [2.75, 3.05) is 13.1 Å². The van der Waals surface area contributed by atoms with Crippen LogP contribution in [0.25, 0.3) is 10.9 Å². The van der Waals surface area contributed by atoms with E-state index in [0.29, 0.717) is 13.1 Å². The highest BCUT2D eigenvalue weighted by Gasteiger charge is 2.22. The second kappa shape index (κ2) is 4.22. The number of H-pyrrole nitrogens is 1. The SMILES string of the molecule is O=C1C(O)=CCN1CCc1c[nH]c2ccccc12. The van der Waals surface area contributed by atoms with Crippen LogP contribution in [-0.2, 0) is 11.2 Å². The summed E-state index contributed by atoms with van der Waals surface area (Å²) in [6.07, 6.45) is 4.33. The number of aromatic amines is 1.